The van der Waals surface area contributed by atoms with Gasteiger partial charge in [0.05, 0.1) is 24.3 Å². The zero-order chi connectivity index (χ0) is 25.8. The van der Waals surface area contributed by atoms with Gasteiger partial charge < -0.3 is 23.6 Å². The van der Waals surface area contributed by atoms with Gasteiger partial charge in [0, 0.05) is 29.8 Å². The van der Waals surface area contributed by atoms with Gasteiger partial charge in [-0.3, -0.25) is 0 Å². The Morgan fingerprint density at radius 1 is 1.03 bits per heavy atom. The SMILES string of the molecule is CCn1c(S/C(=C\c2ccc(-c3ccc(Cl)c(Cl)c3)o2)C(=O)O)nnc1-c1cc(OC)cc(OC)c1. The fraction of sp³-hybridized carbons (Fsp3) is 0.160. The van der Waals surface area contributed by atoms with E-state index in [1.807, 2.05) is 23.6 Å². The summed E-state index contributed by atoms with van der Waals surface area (Å²) in [5.74, 6) is 1.53. The van der Waals surface area contributed by atoms with Crippen molar-refractivity contribution < 1.29 is 23.8 Å². The summed E-state index contributed by atoms with van der Waals surface area (Å²) in [6.07, 6.45) is 1.44. The van der Waals surface area contributed by atoms with Gasteiger partial charge in [-0.1, -0.05) is 23.2 Å². The summed E-state index contributed by atoms with van der Waals surface area (Å²) in [7, 11) is 3.13. The lowest BCUT2D eigenvalue weighted by molar-refractivity contribution is -0.131. The Kier molecular flexibility index (Phi) is 7.93. The smallest absolute Gasteiger partial charge is 0.342 e. The lowest BCUT2D eigenvalue weighted by atomic mass is 10.2. The Morgan fingerprint density at radius 3 is 2.36 bits per heavy atom. The lowest BCUT2D eigenvalue weighted by Crippen LogP contribution is -2.03. The van der Waals surface area contributed by atoms with Crippen LogP contribution < -0.4 is 9.47 Å². The van der Waals surface area contributed by atoms with Gasteiger partial charge in [0.1, 0.15) is 27.9 Å². The molecule has 4 aromatic rings. The monoisotopic (exact) mass is 545 g/mol. The van der Waals surface area contributed by atoms with Crippen LogP contribution in [0, 0.1) is 0 Å². The number of furan rings is 1. The number of rotatable bonds is 9. The van der Waals surface area contributed by atoms with Gasteiger partial charge in [-0.25, -0.2) is 4.79 Å². The fourth-order valence-corrected chi connectivity index (χ4v) is 4.56. The summed E-state index contributed by atoms with van der Waals surface area (Å²) < 4.78 is 18.4. The van der Waals surface area contributed by atoms with Gasteiger partial charge in [0.15, 0.2) is 11.0 Å². The van der Waals surface area contributed by atoms with Crippen molar-refractivity contribution in [3.63, 3.8) is 0 Å². The van der Waals surface area contributed by atoms with Crippen molar-refractivity contribution >= 4 is 47.0 Å². The molecule has 0 saturated carbocycles. The highest BCUT2D eigenvalue weighted by atomic mass is 35.5. The van der Waals surface area contributed by atoms with Crippen molar-refractivity contribution in [2.24, 2.45) is 0 Å². The van der Waals surface area contributed by atoms with E-state index in [1.165, 1.54) is 6.08 Å². The number of carbonyl (C=O) groups is 1. The first-order valence-corrected chi connectivity index (χ1v) is 12.2. The molecular weight excluding hydrogens is 525 g/mol. The van der Waals surface area contributed by atoms with E-state index >= 15 is 0 Å². The predicted molar refractivity (Wildman–Crippen MR) is 140 cm³/mol. The molecule has 186 valence electrons. The van der Waals surface area contributed by atoms with Crippen LogP contribution in [0.1, 0.15) is 12.7 Å². The van der Waals surface area contributed by atoms with E-state index in [-0.39, 0.29) is 4.91 Å². The van der Waals surface area contributed by atoms with Crippen LogP contribution in [0.15, 0.2) is 63.0 Å². The van der Waals surface area contributed by atoms with E-state index < -0.39 is 5.97 Å². The molecule has 2 aromatic carbocycles. The van der Waals surface area contributed by atoms with Crippen LogP contribution in [0.4, 0.5) is 0 Å². The summed E-state index contributed by atoms with van der Waals surface area (Å²) in [5, 5.41) is 19.6. The highest BCUT2D eigenvalue weighted by molar-refractivity contribution is 8.04. The molecule has 2 aromatic heterocycles. The number of halogens is 2. The molecule has 0 bridgehead atoms. The molecule has 0 aliphatic rings. The van der Waals surface area contributed by atoms with Crippen molar-refractivity contribution in [3.05, 3.63) is 69.2 Å². The molecule has 2 heterocycles. The van der Waals surface area contributed by atoms with Crippen molar-refractivity contribution in [1.29, 1.82) is 0 Å². The van der Waals surface area contributed by atoms with Gasteiger partial charge in [-0.2, -0.15) is 0 Å². The molecule has 36 heavy (non-hydrogen) atoms. The standard InChI is InChI=1S/C25H21Cl2N3O5S/c1-4-30-23(15-9-17(33-2)12-18(10-15)34-3)28-29-25(30)36-22(24(31)32)13-16-6-8-21(35-16)14-5-7-19(26)20(27)11-14/h5-13H,4H2,1-3H3,(H,31,32)/b22-13-. The van der Waals surface area contributed by atoms with Crippen LogP contribution >= 0.6 is 35.0 Å². The molecule has 0 aliphatic carbocycles. The quantitative estimate of drug-likeness (QED) is 0.182. The second-order valence-electron chi connectivity index (χ2n) is 7.40. The van der Waals surface area contributed by atoms with Crippen molar-refractivity contribution in [2.75, 3.05) is 14.2 Å². The number of thioether (sulfide) groups is 1. The van der Waals surface area contributed by atoms with E-state index in [4.69, 9.17) is 37.1 Å². The summed E-state index contributed by atoms with van der Waals surface area (Å²) in [5.41, 5.74) is 1.45. The van der Waals surface area contributed by atoms with E-state index in [1.54, 1.807) is 50.6 Å². The minimum absolute atomic E-state index is 0.0157. The van der Waals surface area contributed by atoms with Crippen LogP contribution in [0.25, 0.3) is 28.8 Å². The molecule has 0 radical (unpaired) electrons. The molecule has 0 unspecified atom stereocenters. The van der Waals surface area contributed by atoms with Crippen LogP contribution in [0.2, 0.25) is 10.0 Å². The summed E-state index contributed by atoms with van der Waals surface area (Å²) in [6, 6.07) is 13.9. The number of carboxylic acid groups (broad SMARTS) is 1. The average Bonchev–Trinajstić information content (AvgIpc) is 3.51. The number of aromatic nitrogens is 3. The Bertz CT molecular complexity index is 1430. The molecule has 0 amide bonds. The number of benzene rings is 2. The minimum Gasteiger partial charge on any atom is -0.497 e. The summed E-state index contributed by atoms with van der Waals surface area (Å²) in [6.45, 7) is 2.44. The van der Waals surface area contributed by atoms with Gasteiger partial charge in [0.2, 0.25) is 0 Å². The van der Waals surface area contributed by atoms with E-state index in [0.29, 0.717) is 50.6 Å². The first-order valence-electron chi connectivity index (χ1n) is 10.7. The van der Waals surface area contributed by atoms with Crippen molar-refractivity contribution in [2.45, 2.75) is 18.6 Å². The Labute approximate surface area is 221 Å². The first kappa shape index (κ1) is 25.7. The summed E-state index contributed by atoms with van der Waals surface area (Å²) >= 11 is 13.1. The second-order valence-corrected chi connectivity index (χ2v) is 9.22. The van der Waals surface area contributed by atoms with Crippen LogP contribution in [-0.4, -0.2) is 40.1 Å². The Balaban J connectivity index is 1.65. The molecule has 0 atom stereocenters. The van der Waals surface area contributed by atoms with Gasteiger partial charge in [0.25, 0.3) is 0 Å². The zero-order valence-electron chi connectivity index (χ0n) is 19.5. The van der Waals surface area contributed by atoms with Gasteiger partial charge >= 0.3 is 5.97 Å². The van der Waals surface area contributed by atoms with E-state index in [2.05, 4.69) is 10.2 Å². The third-order valence-corrected chi connectivity index (χ3v) is 6.90. The molecule has 11 heteroatoms. The molecule has 8 nitrogen and oxygen atoms in total. The van der Waals surface area contributed by atoms with E-state index in [9.17, 15) is 9.90 Å². The highest BCUT2D eigenvalue weighted by Crippen LogP contribution is 2.35. The van der Waals surface area contributed by atoms with Crippen LogP contribution in [-0.2, 0) is 11.3 Å². The van der Waals surface area contributed by atoms with E-state index in [0.717, 1.165) is 22.9 Å². The molecule has 0 aliphatic heterocycles. The fourth-order valence-electron chi connectivity index (χ4n) is 3.40. The number of hydrogen-bond acceptors (Lipinski definition) is 7. The van der Waals surface area contributed by atoms with Crippen LogP contribution in [0.3, 0.4) is 0 Å². The van der Waals surface area contributed by atoms with Crippen molar-refractivity contribution in [3.8, 4) is 34.2 Å². The molecule has 0 fully saturated rings. The third kappa shape index (κ3) is 5.53. The lowest BCUT2D eigenvalue weighted by Gasteiger charge is -2.10. The first-order chi connectivity index (χ1) is 17.3. The number of nitrogens with zero attached hydrogens (tertiary/aromatic N) is 3. The number of hydrogen-bond donors (Lipinski definition) is 1. The highest BCUT2D eigenvalue weighted by Gasteiger charge is 2.20. The molecule has 0 spiro atoms. The van der Waals surface area contributed by atoms with Gasteiger partial charge in [-0.05, 0) is 61.2 Å². The molecular formula is C25H21Cl2N3O5S. The average molecular weight is 546 g/mol. The summed E-state index contributed by atoms with van der Waals surface area (Å²) in [4.78, 5) is 12.1. The topological polar surface area (TPSA) is 99.6 Å². The zero-order valence-corrected chi connectivity index (χ0v) is 21.8. The maximum Gasteiger partial charge on any atom is 0.342 e. The predicted octanol–water partition coefficient (Wildman–Crippen LogP) is 6.77. The van der Waals surface area contributed by atoms with Crippen molar-refractivity contribution in [1.82, 2.24) is 14.8 Å². The third-order valence-electron chi connectivity index (χ3n) is 5.16. The number of aliphatic carboxylic acids is 1. The maximum atomic E-state index is 12.1. The Morgan fingerprint density at radius 2 is 1.75 bits per heavy atom. The van der Waals surface area contributed by atoms with Crippen LogP contribution in [0.5, 0.6) is 11.5 Å². The molecule has 4 rings (SSSR count). The largest absolute Gasteiger partial charge is 0.497 e. The molecule has 0 saturated heterocycles. The number of ether oxygens (including phenoxy) is 2. The van der Waals surface area contributed by atoms with Gasteiger partial charge in [-0.15, -0.1) is 10.2 Å². The number of carboxylic acids is 1. The normalized spacial score (nSPS) is 11.5. The number of methoxy groups -OCH3 is 2. The maximum absolute atomic E-state index is 12.1. The second kappa shape index (κ2) is 11.1. The Hall–Kier alpha value is -3.40. The molecule has 1 N–H and O–H groups in total. The minimum atomic E-state index is -1.12.